The fourth-order valence-electron chi connectivity index (χ4n) is 8.68. The Kier molecular flexibility index (Phi) is 10.3. The van der Waals surface area contributed by atoms with Gasteiger partial charge in [-0.1, -0.05) is 20.3 Å². The van der Waals surface area contributed by atoms with Crippen LogP contribution >= 0.6 is 0 Å². The number of nitrogens with zero attached hydrogens (tertiary/aromatic N) is 3. The maximum absolute atomic E-state index is 16.3. The average molecular weight is 701 g/mol. The third kappa shape index (κ3) is 6.98. The molecule has 13 heteroatoms. The van der Waals surface area contributed by atoms with Crippen molar-refractivity contribution in [3.63, 3.8) is 0 Å². The van der Waals surface area contributed by atoms with Gasteiger partial charge in [0, 0.05) is 37.0 Å². The molecular weight excluding hydrogens is 650 g/mol. The molecule has 1 aromatic heterocycles. The van der Waals surface area contributed by atoms with Crippen molar-refractivity contribution in [1.29, 1.82) is 0 Å². The van der Waals surface area contributed by atoms with E-state index in [2.05, 4.69) is 15.3 Å². The van der Waals surface area contributed by atoms with Crippen LogP contribution in [0, 0.1) is 17.3 Å². The third-order valence-corrected chi connectivity index (χ3v) is 11.8. The highest BCUT2D eigenvalue weighted by Gasteiger charge is 2.53. The van der Waals surface area contributed by atoms with E-state index in [0.29, 0.717) is 63.0 Å². The number of nitrogens with one attached hydrogen (secondary N) is 1. The quantitative estimate of drug-likeness (QED) is 0.388. The van der Waals surface area contributed by atoms with Gasteiger partial charge in [0.2, 0.25) is 11.8 Å². The second kappa shape index (κ2) is 14.2. The summed E-state index contributed by atoms with van der Waals surface area (Å²) in [5, 5.41) is 2.96. The van der Waals surface area contributed by atoms with Gasteiger partial charge >= 0.3 is 6.09 Å². The lowest BCUT2D eigenvalue weighted by atomic mass is 9.75. The average Bonchev–Trinajstić information content (AvgIpc) is 3.63. The molecule has 2 bridgehead atoms. The van der Waals surface area contributed by atoms with Crippen LogP contribution in [0.25, 0.3) is 11.0 Å². The number of alkyl carbamates (subject to hydrolysis) is 1. The van der Waals surface area contributed by atoms with Crippen molar-refractivity contribution in [2.24, 2.45) is 17.3 Å². The zero-order valence-corrected chi connectivity index (χ0v) is 29.8. The van der Waals surface area contributed by atoms with E-state index in [1.807, 2.05) is 20.8 Å². The van der Waals surface area contributed by atoms with Crippen LogP contribution in [0.5, 0.6) is 11.6 Å². The lowest BCUT2D eigenvalue weighted by Gasteiger charge is -2.42. The summed E-state index contributed by atoms with van der Waals surface area (Å²) in [6.07, 6.45) is 3.04. The van der Waals surface area contributed by atoms with Gasteiger partial charge in [-0.3, -0.25) is 9.59 Å². The van der Waals surface area contributed by atoms with Gasteiger partial charge < -0.3 is 29.2 Å². The number of fused-ring (bicyclic) bond motifs is 5. The molecule has 0 radical (unpaired) electrons. The standard InChI is InChI=1S/C37H50F2N4O7/c1-6-25-28-21-43(29(25)22(2)44)33(45)31(35(3)16-18-48-19-17-35)42-34(46)50-36(4)14-9-11-23(36)10-7-8-15-37(38,39)30-32(49-28)41-27-20-24(47-5)12-13-26(27)40-30/h12-13,20,23,25,28-29,31H,6-11,14-19,21H2,1-5H3,(H,42,46)/t23-,25-,28+,29-,31-,36-/m1/s1. The second-order valence-corrected chi connectivity index (χ2v) is 15.1. The largest absolute Gasteiger partial charge is 0.497 e. The van der Waals surface area contributed by atoms with E-state index in [9.17, 15) is 14.4 Å². The van der Waals surface area contributed by atoms with Crippen molar-refractivity contribution in [1.82, 2.24) is 20.2 Å². The number of hydrogen-bond donors (Lipinski definition) is 1. The molecule has 50 heavy (non-hydrogen) atoms. The van der Waals surface area contributed by atoms with Crippen LogP contribution in [0.1, 0.15) is 97.6 Å². The van der Waals surface area contributed by atoms with Gasteiger partial charge in [-0.25, -0.2) is 14.8 Å². The Morgan fingerprint density at radius 1 is 1.04 bits per heavy atom. The Morgan fingerprint density at radius 3 is 2.48 bits per heavy atom. The molecule has 1 aromatic carbocycles. The summed E-state index contributed by atoms with van der Waals surface area (Å²) in [5.74, 6) is -4.47. The number of benzene rings is 1. The van der Waals surface area contributed by atoms with Gasteiger partial charge in [0.25, 0.3) is 5.92 Å². The summed E-state index contributed by atoms with van der Waals surface area (Å²) in [5.41, 5.74) is -1.47. The van der Waals surface area contributed by atoms with Gasteiger partial charge in [0.15, 0.2) is 11.5 Å². The molecular formula is C37H50F2N4O7. The summed E-state index contributed by atoms with van der Waals surface area (Å²) in [7, 11) is 1.50. The van der Waals surface area contributed by atoms with Crippen molar-refractivity contribution in [2.75, 3.05) is 26.9 Å². The number of carbonyl (C=O) groups is 3. The Bertz CT molecular complexity index is 1600. The van der Waals surface area contributed by atoms with E-state index in [1.54, 1.807) is 18.2 Å². The SMILES string of the molecule is CC[C@@H]1[C@@H]2CN(C(=O)[C@H](C3(C)CCOCC3)NC(=O)O[C@]3(C)CCC[C@H]3CCCCC(F)(F)c3nc4ccc(OC)cc4nc3O2)[C@@H]1C(C)=O. The first-order valence-corrected chi connectivity index (χ1v) is 18.1. The monoisotopic (exact) mass is 700 g/mol. The van der Waals surface area contributed by atoms with E-state index in [0.717, 1.165) is 12.8 Å². The number of Topliss-reactive ketones (excluding diaryl/α,β-unsaturated/α-hetero) is 1. The Balaban J connectivity index is 1.45. The molecule has 2 aromatic rings. The minimum atomic E-state index is -3.38. The van der Waals surface area contributed by atoms with Gasteiger partial charge in [0.05, 0.1) is 30.7 Å². The normalized spacial score (nSPS) is 31.7. The molecule has 0 unspecified atom stereocenters. The maximum atomic E-state index is 16.3. The topological polar surface area (TPSA) is 129 Å². The Labute approximate surface area is 292 Å². The van der Waals surface area contributed by atoms with Crippen molar-refractivity contribution >= 4 is 28.8 Å². The Morgan fingerprint density at radius 2 is 1.78 bits per heavy atom. The first-order valence-electron chi connectivity index (χ1n) is 18.1. The van der Waals surface area contributed by atoms with E-state index in [1.165, 1.54) is 18.9 Å². The minimum absolute atomic E-state index is 0.0188. The molecule has 3 aliphatic heterocycles. The molecule has 11 nitrogen and oxygen atoms in total. The predicted molar refractivity (Wildman–Crippen MR) is 180 cm³/mol. The maximum Gasteiger partial charge on any atom is 0.408 e. The molecule has 2 saturated heterocycles. The summed E-state index contributed by atoms with van der Waals surface area (Å²) < 4.78 is 56.1. The van der Waals surface area contributed by atoms with Crippen molar-refractivity contribution in [3.8, 4) is 11.6 Å². The van der Waals surface area contributed by atoms with Crippen molar-refractivity contribution in [2.45, 2.75) is 122 Å². The molecule has 1 N–H and O–H groups in total. The molecule has 1 aliphatic carbocycles. The Hall–Kier alpha value is -3.61. The number of ketones is 1. The van der Waals surface area contributed by atoms with Gasteiger partial charge in [-0.05, 0) is 83.3 Å². The zero-order valence-electron chi connectivity index (χ0n) is 29.8. The first kappa shape index (κ1) is 36.2. The highest BCUT2D eigenvalue weighted by molar-refractivity contribution is 5.93. The van der Waals surface area contributed by atoms with E-state index >= 15 is 8.78 Å². The van der Waals surface area contributed by atoms with Crippen LogP contribution in [0.2, 0.25) is 0 Å². The molecule has 0 spiro atoms. The van der Waals surface area contributed by atoms with Crippen LogP contribution in [-0.4, -0.2) is 83.3 Å². The minimum Gasteiger partial charge on any atom is -0.497 e. The number of alkyl halides is 2. The highest BCUT2D eigenvalue weighted by Crippen LogP contribution is 2.45. The molecule has 4 heterocycles. The van der Waals surface area contributed by atoms with Crippen LogP contribution < -0.4 is 14.8 Å². The molecule has 3 fully saturated rings. The number of amides is 2. The van der Waals surface area contributed by atoms with Gasteiger partial charge in [0.1, 0.15) is 23.5 Å². The van der Waals surface area contributed by atoms with Crippen LogP contribution in [0.15, 0.2) is 18.2 Å². The van der Waals surface area contributed by atoms with Gasteiger partial charge in [-0.15, -0.1) is 0 Å². The van der Waals surface area contributed by atoms with Crippen molar-refractivity contribution < 1.29 is 42.1 Å². The van der Waals surface area contributed by atoms with E-state index in [4.69, 9.17) is 18.9 Å². The predicted octanol–water partition coefficient (Wildman–Crippen LogP) is 6.35. The fraction of sp³-hybridized carbons (Fsp3) is 0.703. The zero-order chi connectivity index (χ0) is 35.8. The number of carbonyl (C=O) groups excluding carboxylic acids is 3. The number of hydrogen-bond acceptors (Lipinski definition) is 9. The van der Waals surface area contributed by atoms with E-state index < -0.39 is 65.2 Å². The van der Waals surface area contributed by atoms with Crippen molar-refractivity contribution in [3.05, 3.63) is 23.9 Å². The van der Waals surface area contributed by atoms with Gasteiger partial charge in [-0.2, -0.15) is 8.78 Å². The first-order chi connectivity index (χ1) is 23.8. The lowest BCUT2D eigenvalue weighted by molar-refractivity contribution is -0.144. The van der Waals surface area contributed by atoms with Crippen LogP contribution in [0.3, 0.4) is 0 Å². The highest BCUT2D eigenvalue weighted by atomic mass is 19.3. The van der Waals surface area contributed by atoms with E-state index in [-0.39, 0.29) is 36.1 Å². The summed E-state index contributed by atoms with van der Waals surface area (Å²) in [6, 6.07) is 2.91. The molecule has 274 valence electrons. The molecule has 4 aliphatic rings. The molecule has 6 rings (SSSR count). The smallest absolute Gasteiger partial charge is 0.408 e. The number of aromatic nitrogens is 2. The summed E-state index contributed by atoms with van der Waals surface area (Å²) >= 11 is 0. The number of rotatable bonds is 4. The molecule has 6 atom stereocenters. The van der Waals surface area contributed by atoms with Crippen LogP contribution in [0.4, 0.5) is 13.6 Å². The number of halogens is 2. The molecule has 1 saturated carbocycles. The fourth-order valence-corrected chi connectivity index (χ4v) is 8.68. The summed E-state index contributed by atoms with van der Waals surface area (Å²) in [6.45, 7) is 7.90. The lowest BCUT2D eigenvalue weighted by Crippen LogP contribution is -2.60. The molecule has 2 amide bonds. The second-order valence-electron chi connectivity index (χ2n) is 15.1. The third-order valence-electron chi connectivity index (χ3n) is 11.8. The summed E-state index contributed by atoms with van der Waals surface area (Å²) in [4.78, 5) is 52.3. The van der Waals surface area contributed by atoms with Crippen LogP contribution in [-0.2, 0) is 25.0 Å². The number of ether oxygens (including phenoxy) is 4. The number of methoxy groups -OCH3 is 1.